The Morgan fingerprint density at radius 1 is 0.914 bits per heavy atom. The van der Waals surface area contributed by atoms with Gasteiger partial charge in [0.15, 0.2) is 6.10 Å². The lowest BCUT2D eigenvalue weighted by atomic mass is 9.82. The van der Waals surface area contributed by atoms with Crippen LogP contribution in [0.15, 0.2) is 84.9 Å². The van der Waals surface area contributed by atoms with Gasteiger partial charge in [-0.15, -0.1) is 0 Å². The van der Waals surface area contributed by atoms with E-state index in [-0.39, 0.29) is 6.10 Å². The molecule has 0 saturated carbocycles. The zero-order valence-corrected chi connectivity index (χ0v) is 20.7. The predicted molar refractivity (Wildman–Crippen MR) is 138 cm³/mol. The number of fused-ring (bicyclic) bond motifs is 3. The Morgan fingerprint density at radius 3 is 2.06 bits per heavy atom. The second kappa shape index (κ2) is 10.1. The molecule has 0 spiro atoms. The fourth-order valence-electron chi connectivity index (χ4n) is 5.92. The summed E-state index contributed by atoms with van der Waals surface area (Å²) in [6.45, 7) is 4.18. The number of nitrogens with zero attached hydrogens (tertiary/aromatic N) is 1. The number of halogens is 1. The van der Waals surface area contributed by atoms with Crippen LogP contribution in [0.2, 0.25) is 5.02 Å². The van der Waals surface area contributed by atoms with E-state index in [1.165, 1.54) is 5.56 Å². The van der Waals surface area contributed by atoms with E-state index in [9.17, 15) is 9.90 Å². The highest BCUT2D eigenvalue weighted by Crippen LogP contribution is 2.38. The van der Waals surface area contributed by atoms with E-state index >= 15 is 0 Å². The fraction of sp³-hybridized carbons (Fsp3) is 0.367. The van der Waals surface area contributed by atoms with E-state index in [4.69, 9.17) is 16.3 Å². The number of quaternary nitrogens is 1. The third-order valence-corrected chi connectivity index (χ3v) is 8.24. The predicted octanol–water partition coefficient (Wildman–Crippen LogP) is 5.36. The molecular formula is C30H33ClNO3+. The SMILES string of the molecule is O=C(OC1C[N+]2(CCCc3ccc(Cl)cc3)CCC1CC2)C(O)(c1ccccc1)c1ccccc1. The highest BCUT2D eigenvalue weighted by atomic mass is 35.5. The number of aryl methyl sites for hydroxylation is 1. The maximum atomic E-state index is 13.7. The number of hydrogen-bond donors (Lipinski definition) is 1. The molecule has 0 aromatic heterocycles. The maximum Gasteiger partial charge on any atom is 0.348 e. The highest BCUT2D eigenvalue weighted by Gasteiger charge is 2.50. The van der Waals surface area contributed by atoms with Gasteiger partial charge in [-0.1, -0.05) is 84.4 Å². The van der Waals surface area contributed by atoms with Gasteiger partial charge in [0, 0.05) is 30.2 Å². The number of aliphatic hydroxyl groups is 1. The summed E-state index contributed by atoms with van der Waals surface area (Å²) in [5, 5.41) is 12.6. The van der Waals surface area contributed by atoms with Crippen molar-refractivity contribution in [3.05, 3.63) is 107 Å². The number of piperidine rings is 3. The molecule has 3 fully saturated rings. The van der Waals surface area contributed by atoms with Crippen LogP contribution in [0.25, 0.3) is 0 Å². The van der Waals surface area contributed by atoms with Crippen LogP contribution in [0, 0.1) is 5.92 Å². The van der Waals surface area contributed by atoms with Crippen LogP contribution >= 0.6 is 11.6 Å². The lowest BCUT2D eigenvalue weighted by molar-refractivity contribution is -0.946. The molecule has 2 bridgehead atoms. The van der Waals surface area contributed by atoms with Crippen LogP contribution < -0.4 is 0 Å². The summed E-state index contributed by atoms with van der Waals surface area (Å²) in [5.74, 6) is -0.209. The van der Waals surface area contributed by atoms with Gasteiger partial charge in [0.2, 0.25) is 5.60 Å². The number of carbonyl (C=O) groups is 1. The second-order valence-electron chi connectivity index (χ2n) is 10.1. The first kappa shape index (κ1) is 24.1. The molecule has 1 atom stereocenters. The molecule has 0 amide bonds. The Kier molecular flexibility index (Phi) is 6.97. The summed E-state index contributed by atoms with van der Waals surface area (Å²) in [7, 11) is 0. The van der Waals surface area contributed by atoms with Crippen LogP contribution in [0.4, 0.5) is 0 Å². The van der Waals surface area contributed by atoms with Crippen LogP contribution in [-0.2, 0) is 21.6 Å². The molecule has 3 saturated heterocycles. The average Bonchev–Trinajstić information content (AvgIpc) is 2.91. The number of rotatable bonds is 8. The van der Waals surface area contributed by atoms with Gasteiger partial charge in [-0.3, -0.25) is 0 Å². The minimum absolute atomic E-state index is 0.167. The maximum absolute atomic E-state index is 13.7. The van der Waals surface area contributed by atoms with Crippen molar-refractivity contribution in [3.63, 3.8) is 0 Å². The molecule has 3 aliphatic rings. The van der Waals surface area contributed by atoms with E-state index in [0.717, 1.165) is 61.4 Å². The minimum Gasteiger partial charge on any atom is -0.453 e. The van der Waals surface area contributed by atoms with Crippen LogP contribution in [0.1, 0.15) is 36.0 Å². The summed E-state index contributed by atoms with van der Waals surface area (Å²) < 4.78 is 7.18. The van der Waals surface area contributed by atoms with Gasteiger partial charge in [0.25, 0.3) is 0 Å². The quantitative estimate of drug-likeness (QED) is 0.341. The first-order valence-corrected chi connectivity index (χ1v) is 13.0. The number of carbonyl (C=O) groups excluding carboxylic acids is 1. The molecule has 3 aromatic carbocycles. The second-order valence-corrected chi connectivity index (χ2v) is 10.6. The van der Waals surface area contributed by atoms with Gasteiger partial charge in [0.1, 0.15) is 6.54 Å². The van der Waals surface area contributed by atoms with Gasteiger partial charge in [-0.2, -0.15) is 0 Å². The molecular weight excluding hydrogens is 458 g/mol. The van der Waals surface area contributed by atoms with Gasteiger partial charge < -0.3 is 14.3 Å². The van der Waals surface area contributed by atoms with Crippen LogP contribution in [-0.4, -0.2) is 47.8 Å². The van der Waals surface area contributed by atoms with Crippen molar-refractivity contribution >= 4 is 17.6 Å². The lowest BCUT2D eigenvalue weighted by Crippen LogP contribution is -2.65. The highest BCUT2D eigenvalue weighted by molar-refractivity contribution is 6.30. The van der Waals surface area contributed by atoms with E-state index in [1.807, 2.05) is 48.5 Å². The third-order valence-electron chi connectivity index (χ3n) is 7.99. The molecule has 1 unspecified atom stereocenters. The van der Waals surface area contributed by atoms with Crippen molar-refractivity contribution in [3.8, 4) is 0 Å². The van der Waals surface area contributed by atoms with Crippen molar-refractivity contribution in [2.45, 2.75) is 37.4 Å². The van der Waals surface area contributed by atoms with Gasteiger partial charge in [0.05, 0.1) is 19.6 Å². The Morgan fingerprint density at radius 2 is 1.49 bits per heavy atom. The largest absolute Gasteiger partial charge is 0.453 e. The smallest absolute Gasteiger partial charge is 0.348 e. The lowest BCUT2D eigenvalue weighted by Gasteiger charge is -2.52. The van der Waals surface area contributed by atoms with Gasteiger partial charge >= 0.3 is 5.97 Å². The number of hydrogen-bond acceptors (Lipinski definition) is 3. The zero-order chi connectivity index (χ0) is 24.3. The summed E-state index contributed by atoms with van der Waals surface area (Å²) in [5.41, 5.74) is 0.542. The van der Waals surface area contributed by atoms with E-state index < -0.39 is 11.6 Å². The van der Waals surface area contributed by atoms with Crippen molar-refractivity contribution in [2.24, 2.45) is 5.92 Å². The Bertz CT molecular complexity index is 1090. The Hall–Kier alpha value is -2.66. The molecule has 6 rings (SSSR count). The Labute approximate surface area is 212 Å². The first-order valence-electron chi connectivity index (χ1n) is 12.6. The van der Waals surface area contributed by atoms with Gasteiger partial charge in [-0.25, -0.2) is 4.79 Å². The van der Waals surface area contributed by atoms with Gasteiger partial charge in [-0.05, 0) is 35.2 Å². The van der Waals surface area contributed by atoms with E-state index in [0.29, 0.717) is 17.0 Å². The molecule has 3 aromatic rings. The van der Waals surface area contributed by atoms with Crippen molar-refractivity contribution in [2.75, 3.05) is 26.2 Å². The molecule has 35 heavy (non-hydrogen) atoms. The van der Waals surface area contributed by atoms with Crippen LogP contribution in [0.5, 0.6) is 0 Å². The van der Waals surface area contributed by atoms with Crippen molar-refractivity contribution in [1.29, 1.82) is 0 Å². The standard InChI is InChI=1S/C30H33ClNO3/c31-27-15-13-23(14-16-27)8-7-19-32-20-17-24(18-21-32)28(22-32)35-29(33)30(34,25-9-3-1-4-10-25)26-11-5-2-6-12-26/h1-6,9-16,24,28,34H,7-8,17-22H2/q+1. The number of esters is 1. The molecule has 182 valence electrons. The first-order chi connectivity index (χ1) is 17.0. The zero-order valence-electron chi connectivity index (χ0n) is 20.0. The molecule has 0 radical (unpaired) electrons. The number of ether oxygens (including phenoxy) is 1. The minimum atomic E-state index is -1.83. The van der Waals surface area contributed by atoms with Crippen molar-refractivity contribution in [1.82, 2.24) is 0 Å². The number of benzene rings is 3. The molecule has 5 heteroatoms. The van der Waals surface area contributed by atoms with E-state index in [2.05, 4.69) is 12.1 Å². The van der Waals surface area contributed by atoms with E-state index in [1.54, 1.807) is 24.3 Å². The molecule has 0 aliphatic carbocycles. The normalized spacial score (nSPS) is 23.7. The monoisotopic (exact) mass is 490 g/mol. The van der Waals surface area contributed by atoms with Crippen LogP contribution in [0.3, 0.4) is 0 Å². The molecule has 4 nitrogen and oxygen atoms in total. The topological polar surface area (TPSA) is 46.5 Å². The summed E-state index contributed by atoms with van der Waals surface area (Å²) in [4.78, 5) is 13.7. The summed E-state index contributed by atoms with van der Waals surface area (Å²) in [6.07, 6.45) is 4.07. The summed E-state index contributed by atoms with van der Waals surface area (Å²) >= 11 is 6.02. The molecule has 3 heterocycles. The Balaban J connectivity index is 1.30. The molecule has 3 aliphatic heterocycles. The van der Waals surface area contributed by atoms with Crippen molar-refractivity contribution < 1.29 is 19.1 Å². The third kappa shape index (κ3) is 5.02. The summed E-state index contributed by atoms with van der Waals surface area (Å²) in [6, 6.07) is 26.4. The average molecular weight is 491 g/mol. The fourth-order valence-corrected chi connectivity index (χ4v) is 6.05. The molecule has 1 N–H and O–H groups in total.